The number of nitrogens with zero attached hydrogens (tertiary/aromatic N) is 8. The number of aromatic nitrogens is 5. The Labute approximate surface area is 213 Å². The number of anilines is 1. The van der Waals surface area contributed by atoms with Gasteiger partial charge >= 0.3 is 0 Å². The lowest BCUT2D eigenvalue weighted by Gasteiger charge is -2.38. The predicted molar refractivity (Wildman–Crippen MR) is 138 cm³/mol. The first-order valence-corrected chi connectivity index (χ1v) is 13.3. The van der Waals surface area contributed by atoms with Crippen LogP contribution in [0.15, 0.2) is 42.6 Å². The fourth-order valence-corrected chi connectivity index (χ4v) is 5.18. The zero-order valence-corrected chi connectivity index (χ0v) is 21.3. The number of piperidine rings is 1. The highest BCUT2D eigenvalue weighted by Crippen LogP contribution is 2.29. The van der Waals surface area contributed by atoms with E-state index in [1.165, 1.54) is 37.9 Å². The summed E-state index contributed by atoms with van der Waals surface area (Å²) in [5.41, 5.74) is 2.80. The van der Waals surface area contributed by atoms with Crippen LogP contribution in [-0.4, -0.2) is 93.3 Å². The Kier molecular flexibility index (Phi) is 6.62. The number of ether oxygens (including phenoxy) is 1. The minimum atomic E-state index is 0.0450. The molecule has 2 atom stereocenters. The van der Waals surface area contributed by atoms with Crippen LogP contribution in [0.3, 0.4) is 0 Å². The van der Waals surface area contributed by atoms with Gasteiger partial charge < -0.3 is 24.8 Å². The van der Waals surface area contributed by atoms with E-state index in [1.54, 1.807) is 19.5 Å². The summed E-state index contributed by atoms with van der Waals surface area (Å²) in [6.07, 6.45) is 18.0. The van der Waals surface area contributed by atoms with Crippen LogP contribution >= 0.6 is 0 Å². The molecule has 10 heteroatoms. The molecule has 0 aromatic carbocycles. The van der Waals surface area contributed by atoms with Gasteiger partial charge in [0.25, 0.3) is 0 Å². The highest BCUT2D eigenvalue weighted by molar-refractivity contribution is 5.55. The van der Waals surface area contributed by atoms with Crippen molar-refractivity contribution in [3.63, 3.8) is 0 Å². The van der Waals surface area contributed by atoms with Crippen molar-refractivity contribution < 1.29 is 4.74 Å². The van der Waals surface area contributed by atoms with E-state index in [9.17, 15) is 0 Å². The first-order chi connectivity index (χ1) is 17.7. The van der Waals surface area contributed by atoms with E-state index in [2.05, 4.69) is 60.6 Å². The molecule has 0 radical (unpaired) electrons. The molecule has 3 aliphatic heterocycles. The fraction of sp³-hybridized carbons (Fsp3) is 0.615. The van der Waals surface area contributed by atoms with Crippen LogP contribution in [0.25, 0.3) is 11.4 Å². The van der Waals surface area contributed by atoms with Gasteiger partial charge in [-0.05, 0) is 57.2 Å². The zero-order valence-electron chi connectivity index (χ0n) is 21.3. The smallest absolute Gasteiger partial charge is 0.148 e. The minimum absolute atomic E-state index is 0.0450. The summed E-state index contributed by atoms with van der Waals surface area (Å²) in [5, 5.41) is 12.6. The second-order valence-electron chi connectivity index (χ2n) is 10.5. The Hall–Kier alpha value is -2.98. The Morgan fingerprint density at radius 1 is 1.11 bits per heavy atom. The molecule has 3 fully saturated rings. The number of hydrogen-bond donors (Lipinski definition) is 1. The summed E-state index contributed by atoms with van der Waals surface area (Å²) in [6.45, 7) is 8.12. The first kappa shape index (κ1) is 23.4. The molecule has 0 bridgehead atoms. The fourth-order valence-electron chi connectivity index (χ4n) is 5.18. The topological polar surface area (TPSA) is 87.5 Å². The zero-order chi connectivity index (χ0) is 24.5. The lowest BCUT2D eigenvalue weighted by molar-refractivity contribution is 0.0783. The Morgan fingerprint density at radius 3 is 2.78 bits per heavy atom. The molecule has 4 aliphatic rings. The number of nitrogens with one attached hydrogen (secondary N) is 1. The molecule has 0 amide bonds. The first-order valence-electron chi connectivity index (χ1n) is 13.3. The van der Waals surface area contributed by atoms with Crippen molar-refractivity contribution >= 4 is 5.82 Å². The Morgan fingerprint density at radius 2 is 2.00 bits per heavy atom. The number of likely N-dealkylation sites (tertiary alicyclic amines) is 1. The van der Waals surface area contributed by atoms with E-state index < -0.39 is 0 Å². The van der Waals surface area contributed by atoms with Crippen LogP contribution in [0, 0.1) is 5.92 Å². The number of hydrogen-bond acceptors (Lipinski definition) is 9. The van der Waals surface area contributed by atoms with Crippen LogP contribution in [0.2, 0.25) is 0 Å². The monoisotopic (exact) mass is 491 g/mol. The molecular formula is C26H37N9O. The molecule has 10 nitrogen and oxygen atoms in total. The number of methoxy groups -OCH3 is 1. The van der Waals surface area contributed by atoms with E-state index in [-0.39, 0.29) is 12.3 Å². The summed E-state index contributed by atoms with van der Waals surface area (Å²) in [5.74, 6) is 1.78. The van der Waals surface area contributed by atoms with Gasteiger partial charge in [-0.2, -0.15) is 0 Å². The molecule has 6 rings (SSSR count). The molecule has 2 aromatic rings. The van der Waals surface area contributed by atoms with E-state index in [1.807, 2.05) is 10.9 Å². The number of rotatable bonds is 9. The molecule has 2 saturated heterocycles. The Balaban J connectivity index is 1.05. The second-order valence-corrected chi connectivity index (χ2v) is 10.5. The van der Waals surface area contributed by atoms with Gasteiger partial charge in [0.2, 0.25) is 0 Å². The average molecular weight is 492 g/mol. The SMILES string of the molecule is COC1CN(c2cncc(-c3cn(C(C)N4C=CC(N5CCC[C@@H](NCC6CC6)C5)=CC4)nn3)n2)C1. The van der Waals surface area contributed by atoms with E-state index in [0.29, 0.717) is 6.04 Å². The number of allylic oxidation sites excluding steroid dienone is 1. The summed E-state index contributed by atoms with van der Waals surface area (Å²) in [4.78, 5) is 16.1. The van der Waals surface area contributed by atoms with Crippen LogP contribution in [0.1, 0.15) is 38.8 Å². The third kappa shape index (κ3) is 5.10. The standard InChI is InChI=1S/C26H37N9O/c1-19(32-10-7-22(8-11-32)33-9-3-4-21(15-33)28-12-20-5-6-20)35-18-25(30-31-35)24-13-27-14-26(29-24)34-16-23(17-34)36-2/h7-8,10,13-14,18-21,23,28H,3-6,9,11-12,15-17H2,1-2H3/t19?,21-/m1/s1. The van der Waals surface area contributed by atoms with Gasteiger partial charge in [0.1, 0.15) is 23.4 Å². The summed E-state index contributed by atoms with van der Waals surface area (Å²) < 4.78 is 7.27. The van der Waals surface area contributed by atoms with Gasteiger partial charge in [0.15, 0.2) is 0 Å². The molecule has 0 spiro atoms. The van der Waals surface area contributed by atoms with Crippen LogP contribution in [0.5, 0.6) is 0 Å². The van der Waals surface area contributed by atoms with Crippen molar-refractivity contribution in [2.45, 2.75) is 50.9 Å². The molecular weight excluding hydrogens is 454 g/mol. The van der Waals surface area contributed by atoms with Crippen LogP contribution in [-0.2, 0) is 4.74 Å². The molecule has 5 heterocycles. The van der Waals surface area contributed by atoms with Crippen molar-refractivity contribution in [3.8, 4) is 11.4 Å². The van der Waals surface area contributed by atoms with Crippen LogP contribution in [0.4, 0.5) is 5.82 Å². The molecule has 2 aromatic heterocycles. The lowest BCUT2D eigenvalue weighted by atomic mass is 10.0. The maximum atomic E-state index is 5.37. The quantitative estimate of drug-likeness (QED) is 0.568. The van der Waals surface area contributed by atoms with Gasteiger partial charge in [-0.3, -0.25) is 4.98 Å². The lowest BCUT2D eigenvalue weighted by Crippen LogP contribution is -2.52. The minimum Gasteiger partial charge on any atom is -0.378 e. The predicted octanol–water partition coefficient (Wildman–Crippen LogP) is 2.27. The molecule has 1 aliphatic carbocycles. The van der Waals surface area contributed by atoms with Gasteiger partial charge in [-0.25, -0.2) is 9.67 Å². The van der Waals surface area contributed by atoms with Crippen molar-refractivity contribution in [1.29, 1.82) is 0 Å². The average Bonchev–Trinajstić information content (AvgIpc) is 3.60. The van der Waals surface area contributed by atoms with E-state index in [4.69, 9.17) is 9.72 Å². The molecule has 1 N–H and O–H groups in total. The highest BCUT2D eigenvalue weighted by atomic mass is 16.5. The van der Waals surface area contributed by atoms with Crippen molar-refractivity contribution in [1.82, 2.24) is 40.1 Å². The third-order valence-corrected chi connectivity index (χ3v) is 7.89. The maximum Gasteiger partial charge on any atom is 0.148 e. The van der Waals surface area contributed by atoms with Crippen molar-refractivity contribution in [2.24, 2.45) is 5.92 Å². The van der Waals surface area contributed by atoms with Gasteiger partial charge in [0, 0.05) is 57.8 Å². The molecule has 1 saturated carbocycles. The van der Waals surface area contributed by atoms with E-state index >= 15 is 0 Å². The van der Waals surface area contributed by atoms with E-state index in [0.717, 1.165) is 55.8 Å². The largest absolute Gasteiger partial charge is 0.378 e. The normalized spacial score (nSPS) is 23.6. The van der Waals surface area contributed by atoms with Crippen molar-refractivity contribution in [3.05, 3.63) is 42.6 Å². The molecule has 1 unspecified atom stereocenters. The maximum absolute atomic E-state index is 5.37. The molecule has 192 valence electrons. The second kappa shape index (κ2) is 10.2. The third-order valence-electron chi connectivity index (χ3n) is 7.89. The van der Waals surface area contributed by atoms with Gasteiger partial charge in [0.05, 0.1) is 24.7 Å². The van der Waals surface area contributed by atoms with Crippen molar-refractivity contribution in [2.75, 3.05) is 51.3 Å². The highest BCUT2D eigenvalue weighted by Gasteiger charge is 2.28. The summed E-state index contributed by atoms with van der Waals surface area (Å²) in [7, 11) is 1.75. The van der Waals surface area contributed by atoms with Gasteiger partial charge in [-0.1, -0.05) is 5.21 Å². The van der Waals surface area contributed by atoms with Crippen LogP contribution < -0.4 is 10.2 Å². The molecule has 36 heavy (non-hydrogen) atoms. The summed E-state index contributed by atoms with van der Waals surface area (Å²) >= 11 is 0. The Bertz CT molecular complexity index is 1100. The summed E-state index contributed by atoms with van der Waals surface area (Å²) in [6, 6.07) is 0.614. The van der Waals surface area contributed by atoms with Gasteiger partial charge in [-0.15, -0.1) is 5.10 Å².